The summed E-state index contributed by atoms with van der Waals surface area (Å²) in [6.07, 6.45) is -1.70. The van der Waals surface area contributed by atoms with Gasteiger partial charge in [-0.25, -0.2) is 0 Å². The van der Waals surface area contributed by atoms with E-state index in [9.17, 15) is 18.3 Å². The number of hydrogen-bond acceptors (Lipinski definition) is 1. The maximum Gasteiger partial charge on any atom is 0.416 e. The summed E-state index contributed by atoms with van der Waals surface area (Å²) >= 11 is 0. The quantitative estimate of drug-likeness (QED) is 0.868. The molecular formula is C16H17F3O. The van der Waals surface area contributed by atoms with E-state index in [0.717, 1.165) is 6.07 Å². The van der Waals surface area contributed by atoms with Gasteiger partial charge >= 0.3 is 6.18 Å². The van der Waals surface area contributed by atoms with Crippen molar-refractivity contribution in [2.45, 2.75) is 31.5 Å². The van der Waals surface area contributed by atoms with Crippen LogP contribution in [0.15, 0.2) is 24.3 Å². The molecule has 0 heterocycles. The molecule has 0 spiro atoms. The van der Waals surface area contributed by atoms with Crippen molar-refractivity contribution in [1.82, 2.24) is 0 Å². The van der Waals surface area contributed by atoms with E-state index in [1.165, 1.54) is 31.4 Å². The van der Waals surface area contributed by atoms with E-state index in [1.54, 1.807) is 6.07 Å². The molecule has 4 rings (SSSR count). The topological polar surface area (TPSA) is 20.2 Å². The van der Waals surface area contributed by atoms with Gasteiger partial charge in [0, 0.05) is 0 Å². The van der Waals surface area contributed by atoms with E-state index in [2.05, 4.69) is 0 Å². The monoisotopic (exact) mass is 282 g/mol. The summed E-state index contributed by atoms with van der Waals surface area (Å²) < 4.78 is 39.1. The van der Waals surface area contributed by atoms with Crippen molar-refractivity contribution in [2.75, 3.05) is 0 Å². The molecule has 4 heteroatoms. The highest BCUT2D eigenvalue weighted by Gasteiger charge is 2.67. The van der Waals surface area contributed by atoms with Gasteiger partial charge in [0.25, 0.3) is 0 Å². The first-order chi connectivity index (χ1) is 9.48. The molecule has 108 valence electrons. The van der Waals surface area contributed by atoms with Crippen molar-refractivity contribution < 1.29 is 18.3 Å². The van der Waals surface area contributed by atoms with Gasteiger partial charge in [0.2, 0.25) is 0 Å². The first-order valence-corrected chi connectivity index (χ1v) is 7.32. The minimum Gasteiger partial charge on any atom is -0.388 e. The van der Waals surface area contributed by atoms with E-state index in [4.69, 9.17) is 0 Å². The molecule has 1 aromatic rings. The fourth-order valence-corrected chi connectivity index (χ4v) is 5.04. The number of aliphatic hydroxyl groups excluding tert-OH is 1. The van der Waals surface area contributed by atoms with Crippen LogP contribution in [0.2, 0.25) is 0 Å². The van der Waals surface area contributed by atoms with Crippen molar-refractivity contribution in [2.24, 2.45) is 29.6 Å². The highest BCUT2D eigenvalue weighted by molar-refractivity contribution is 5.34. The molecule has 2 bridgehead atoms. The van der Waals surface area contributed by atoms with Crippen molar-refractivity contribution in [3.63, 3.8) is 0 Å². The smallest absolute Gasteiger partial charge is 0.388 e. The highest BCUT2D eigenvalue weighted by atomic mass is 19.4. The summed E-state index contributed by atoms with van der Waals surface area (Å²) in [7, 11) is 0. The van der Waals surface area contributed by atoms with Crippen LogP contribution >= 0.6 is 0 Å². The van der Waals surface area contributed by atoms with Crippen molar-refractivity contribution in [3.8, 4) is 0 Å². The fourth-order valence-electron chi connectivity index (χ4n) is 5.04. The average molecular weight is 282 g/mol. The number of halogens is 3. The summed E-state index contributed by atoms with van der Waals surface area (Å²) in [4.78, 5) is 0. The van der Waals surface area contributed by atoms with Gasteiger partial charge in [0.05, 0.1) is 11.7 Å². The van der Waals surface area contributed by atoms with Crippen molar-refractivity contribution >= 4 is 0 Å². The second-order valence-electron chi connectivity index (χ2n) is 6.60. The lowest BCUT2D eigenvalue weighted by Gasteiger charge is -2.20. The van der Waals surface area contributed by atoms with E-state index in [-0.39, 0.29) is 11.5 Å². The maximum absolute atomic E-state index is 13.0. The standard InChI is InChI=1S/C16H17F3O/c17-16(18,19)11-4-2-1-3-10(11)15(20)14-12-8-5-6-9(7-8)13(12)14/h1-4,8-9,12-15,20H,5-7H2. The molecule has 3 aliphatic carbocycles. The Morgan fingerprint density at radius 3 is 2.25 bits per heavy atom. The molecular weight excluding hydrogens is 265 g/mol. The molecule has 0 aliphatic heterocycles. The molecule has 20 heavy (non-hydrogen) atoms. The van der Waals surface area contributed by atoms with Crippen LogP contribution in [0, 0.1) is 29.6 Å². The van der Waals surface area contributed by atoms with E-state index >= 15 is 0 Å². The number of benzene rings is 1. The van der Waals surface area contributed by atoms with Crippen LogP contribution in [-0.4, -0.2) is 5.11 Å². The van der Waals surface area contributed by atoms with Gasteiger partial charge in [-0.05, 0) is 60.5 Å². The first-order valence-electron chi connectivity index (χ1n) is 7.32. The molecule has 0 aromatic heterocycles. The Bertz CT molecular complexity index is 523. The van der Waals surface area contributed by atoms with Crippen LogP contribution in [0.5, 0.6) is 0 Å². The number of fused-ring (bicyclic) bond motifs is 5. The van der Waals surface area contributed by atoms with Gasteiger partial charge < -0.3 is 5.11 Å². The van der Waals surface area contributed by atoms with Gasteiger partial charge in [-0.15, -0.1) is 0 Å². The van der Waals surface area contributed by atoms with Gasteiger partial charge in [-0.3, -0.25) is 0 Å². The van der Waals surface area contributed by atoms with Crippen LogP contribution < -0.4 is 0 Å². The Morgan fingerprint density at radius 1 is 1.05 bits per heavy atom. The van der Waals surface area contributed by atoms with Crippen LogP contribution in [0.4, 0.5) is 13.2 Å². The molecule has 5 atom stereocenters. The average Bonchev–Trinajstić information content (AvgIpc) is 2.84. The molecule has 3 fully saturated rings. The van der Waals surface area contributed by atoms with Crippen molar-refractivity contribution in [3.05, 3.63) is 35.4 Å². The third-order valence-electron chi connectivity index (χ3n) is 5.74. The van der Waals surface area contributed by atoms with Crippen LogP contribution in [-0.2, 0) is 6.18 Å². The molecule has 1 nitrogen and oxygen atoms in total. The van der Waals surface area contributed by atoms with Gasteiger partial charge in [0.1, 0.15) is 0 Å². The SMILES string of the molecule is OC(c1ccccc1C(F)(F)F)C1C2C3CCC(C3)C21. The zero-order valence-electron chi connectivity index (χ0n) is 11.0. The van der Waals surface area contributed by atoms with Gasteiger partial charge in [0.15, 0.2) is 0 Å². The third-order valence-corrected chi connectivity index (χ3v) is 5.74. The molecule has 0 saturated heterocycles. The largest absolute Gasteiger partial charge is 0.416 e. The molecule has 1 N–H and O–H groups in total. The Kier molecular flexibility index (Phi) is 2.54. The first kappa shape index (κ1) is 12.7. The van der Waals surface area contributed by atoms with Crippen LogP contribution in [0.25, 0.3) is 0 Å². The predicted molar refractivity (Wildman–Crippen MR) is 67.7 cm³/mol. The second kappa shape index (κ2) is 4.00. The Balaban J connectivity index is 1.63. The normalized spacial score (nSPS) is 39.7. The maximum atomic E-state index is 13.0. The molecule has 0 radical (unpaired) electrons. The summed E-state index contributed by atoms with van der Waals surface area (Å²) in [5.74, 6) is 2.32. The number of aliphatic hydroxyl groups is 1. The summed E-state index contributed by atoms with van der Waals surface area (Å²) in [5.41, 5.74) is -0.608. The minimum absolute atomic E-state index is 0.0600. The minimum atomic E-state index is -4.39. The number of rotatable bonds is 2. The van der Waals surface area contributed by atoms with E-state index < -0.39 is 17.8 Å². The van der Waals surface area contributed by atoms with Crippen LogP contribution in [0.1, 0.15) is 36.5 Å². The van der Waals surface area contributed by atoms with Gasteiger partial charge in [-0.1, -0.05) is 18.2 Å². The molecule has 3 aliphatic rings. The van der Waals surface area contributed by atoms with E-state index in [1.807, 2.05) is 0 Å². The Morgan fingerprint density at radius 2 is 1.65 bits per heavy atom. The molecule has 1 aromatic carbocycles. The molecule has 5 unspecified atom stereocenters. The summed E-state index contributed by atoms with van der Waals surface area (Å²) in [5, 5.41) is 10.5. The highest BCUT2D eigenvalue weighted by Crippen LogP contribution is 2.72. The fraction of sp³-hybridized carbons (Fsp3) is 0.625. The van der Waals surface area contributed by atoms with Gasteiger partial charge in [-0.2, -0.15) is 13.2 Å². The molecule has 0 amide bonds. The predicted octanol–water partition coefficient (Wildman–Crippen LogP) is 4.03. The van der Waals surface area contributed by atoms with Crippen molar-refractivity contribution in [1.29, 1.82) is 0 Å². The van der Waals surface area contributed by atoms with Crippen LogP contribution in [0.3, 0.4) is 0 Å². The summed E-state index contributed by atoms with van der Waals surface area (Å²) in [6, 6.07) is 5.48. The number of alkyl halides is 3. The lowest BCUT2D eigenvalue weighted by atomic mass is 9.92. The Hall–Kier alpha value is -1.03. The zero-order chi connectivity index (χ0) is 14.1. The summed E-state index contributed by atoms with van der Waals surface area (Å²) in [6.45, 7) is 0. The zero-order valence-corrected chi connectivity index (χ0v) is 11.0. The lowest BCUT2D eigenvalue weighted by Crippen LogP contribution is -2.15. The van der Waals surface area contributed by atoms with E-state index in [0.29, 0.717) is 23.7 Å². The third kappa shape index (κ3) is 1.67. The Labute approximate surface area is 115 Å². The lowest BCUT2D eigenvalue weighted by molar-refractivity contribution is -0.139. The number of hydrogen-bond donors (Lipinski definition) is 1. The molecule has 3 saturated carbocycles. The second-order valence-corrected chi connectivity index (χ2v) is 6.60.